The van der Waals surface area contributed by atoms with Crippen molar-refractivity contribution in [2.24, 2.45) is 9.98 Å². The fourth-order valence-electron chi connectivity index (χ4n) is 4.34. The molecule has 3 aliphatic rings. The van der Waals surface area contributed by atoms with Crippen LogP contribution in [0.2, 0.25) is 0 Å². The molecule has 0 bridgehead atoms. The summed E-state index contributed by atoms with van der Waals surface area (Å²) < 4.78 is 12.2. The van der Waals surface area contributed by atoms with E-state index in [9.17, 15) is 0 Å². The highest BCUT2D eigenvalue weighted by Gasteiger charge is 2.26. The van der Waals surface area contributed by atoms with Gasteiger partial charge in [-0.15, -0.1) is 11.3 Å². The monoisotopic (exact) mass is 458 g/mol. The summed E-state index contributed by atoms with van der Waals surface area (Å²) in [5.74, 6) is 3.67. The van der Waals surface area contributed by atoms with Gasteiger partial charge in [0.05, 0.1) is 9.75 Å². The van der Waals surface area contributed by atoms with Crippen molar-refractivity contribution in [3.63, 3.8) is 0 Å². The maximum Gasteiger partial charge on any atom is 0.180 e. The van der Waals surface area contributed by atoms with E-state index >= 15 is 0 Å². The summed E-state index contributed by atoms with van der Waals surface area (Å²) in [5.41, 5.74) is 4.50. The Bertz CT molecular complexity index is 1120. The van der Waals surface area contributed by atoms with Crippen molar-refractivity contribution in [2.75, 3.05) is 39.4 Å². The number of hydrogen-bond acceptors (Lipinski definition) is 7. The molecule has 3 aliphatic heterocycles. The molecule has 0 spiro atoms. The highest BCUT2D eigenvalue weighted by atomic mass is 32.1. The maximum absolute atomic E-state index is 6.10. The fourth-order valence-corrected chi connectivity index (χ4v) is 5.54. The Morgan fingerprint density at radius 1 is 0.606 bits per heavy atom. The Balaban J connectivity index is 1.34. The molecule has 0 saturated carbocycles. The number of thiophene rings is 1. The van der Waals surface area contributed by atoms with Crippen LogP contribution in [0.5, 0.6) is 11.5 Å². The van der Waals surface area contributed by atoms with E-state index in [1.807, 2.05) is 0 Å². The second-order valence-corrected chi connectivity index (χ2v) is 9.31. The first kappa shape index (κ1) is 20.3. The molecule has 1 aromatic heterocycles. The average molecular weight is 459 g/mol. The van der Waals surface area contributed by atoms with Crippen LogP contribution in [0, 0.1) is 0 Å². The molecular weight excluding hydrogens is 432 g/mol. The minimum Gasteiger partial charge on any atom is -0.485 e. The van der Waals surface area contributed by atoms with Gasteiger partial charge >= 0.3 is 0 Å². The van der Waals surface area contributed by atoms with Crippen molar-refractivity contribution < 1.29 is 9.47 Å². The van der Waals surface area contributed by atoms with Crippen LogP contribution in [0.25, 0.3) is 20.9 Å². The molecule has 33 heavy (non-hydrogen) atoms. The summed E-state index contributed by atoms with van der Waals surface area (Å²) in [7, 11) is 0. The van der Waals surface area contributed by atoms with Gasteiger partial charge in [-0.1, -0.05) is 48.5 Å². The van der Waals surface area contributed by atoms with E-state index in [-0.39, 0.29) is 0 Å². The predicted octanol–water partition coefficient (Wildman–Crippen LogP) is 4.33. The van der Waals surface area contributed by atoms with Crippen LogP contribution >= 0.6 is 11.3 Å². The molecule has 6 rings (SSSR count). The second-order valence-electron chi connectivity index (χ2n) is 8.29. The lowest BCUT2D eigenvalue weighted by Gasteiger charge is -2.18. The van der Waals surface area contributed by atoms with Gasteiger partial charge in [0.15, 0.2) is 11.5 Å². The molecule has 7 heteroatoms. The van der Waals surface area contributed by atoms with Crippen molar-refractivity contribution in [1.82, 2.24) is 10.6 Å². The molecule has 0 saturated heterocycles. The lowest BCUT2D eigenvalue weighted by atomic mass is 10.1. The molecule has 4 heterocycles. The Morgan fingerprint density at radius 3 is 1.42 bits per heavy atom. The van der Waals surface area contributed by atoms with Crippen LogP contribution in [0.1, 0.15) is 24.0 Å². The van der Waals surface area contributed by atoms with Crippen LogP contribution < -0.4 is 20.1 Å². The fraction of sp³-hybridized carbons (Fsp3) is 0.308. The van der Waals surface area contributed by atoms with Gasteiger partial charge in [0.25, 0.3) is 0 Å². The van der Waals surface area contributed by atoms with E-state index in [1.54, 1.807) is 11.3 Å². The SMILES string of the molecule is c1cc(-c2sc(-c3ccc(C4=NCCCN4)cc3)c3c2OCCO3)ccc1C1=NCCCN1. The topological polar surface area (TPSA) is 67.2 Å². The van der Waals surface area contributed by atoms with Crippen molar-refractivity contribution in [2.45, 2.75) is 12.8 Å². The Hall–Kier alpha value is -3.32. The Labute approximate surface area is 197 Å². The highest BCUT2D eigenvalue weighted by Crippen LogP contribution is 2.53. The average Bonchev–Trinajstić information content (AvgIpc) is 3.30. The standard InChI is InChI=1S/C26H26N4O2S/c1-11-27-25(28-12-1)19-7-3-17(4-8-19)23-21-22(32-16-15-31-21)24(33-23)18-5-9-20(10-6-18)26-29-13-2-14-30-26/h3-10H,1-2,11-16H2,(H,27,28)(H,29,30). The summed E-state index contributed by atoms with van der Waals surface area (Å²) in [5, 5.41) is 6.79. The number of ether oxygens (including phenoxy) is 2. The molecule has 2 N–H and O–H groups in total. The lowest BCUT2D eigenvalue weighted by molar-refractivity contribution is 0.175. The third-order valence-corrected chi connectivity index (χ3v) is 7.28. The smallest absolute Gasteiger partial charge is 0.180 e. The second kappa shape index (κ2) is 8.90. The molecule has 0 atom stereocenters. The van der Waals surface area contributed by atoms with Crippen LogP contribution in [0.4, 0.5) is 0 Å². The Kier molecular flexibility index (Phi) is 5.48. The number of fused-ring (bicyclic) bond motifs is 1. The van der Waals surface area contributed by atoms with Crippen LogP contribution in [-0.4, -0.2) is 51.1 Å². The predicted molar refractivity (Wildman–Crippen MR) is 134 cm³/mol. The van der Waals surface area contributed by atoms with E-state index in [1.165, 1.54) is 0 Å². The van der Waals surface area contributed by atoms with Gasteiger partial charge in [0.1, 0.15) is 24.9 Å². The van der Waals surface area contributed by atoms with Gasteiger partial charge in [0, 0.05) is 37.3 Å². The zero-order valence-electron chi connectivity index (χ0n) is 18.4. The summed E-state index contributed by atoms with van der Waals surface area (Å²) in [6.07, 6.45) is 2.18. The molecular formula is C26H26N4O2S. The first-order chi connectivity index (χ1) is 16.4. The summed E-state index contributed by atoms with van der Waals surface area (Å²) >= 11 is 1.72. The van der Waals surface area contributed by atoms with E-state index in [0.29, 0.717) is 13.2 Å². The molecule has 2 aromatic carbocycles. The number of aliphatic imine (C=N–C) groups is 2. The van der Waals surface area contributed by atoms with Crippen molar-refractivity contribution in [3.05, 3.63) is 59.7 Å². The third kappa shape index (κ3) is 3.97. The van der Waals surface area contributed by atoms with Crippen molar-refractivity contribution in [1.29, 1.82) is 0 Å². The molecule has 0 amide bonds. The van der Waals surface area contributed by atoms with Gasteiger partial charge in [-0.05, 0) is 24.0 Å². The number of hydrogen-bond donors (Lipinski definition) is 2. The lowest BCUT2D eigenvalue weighted by Crippen LogP contribution is -2.30. The van der Waals surface area contributed by atoms with Crippen LogP contribution in [-0.2, 0) is 0 Å². The molecule has 6 nitrogen and oxygen atoms in total. The van der Waals surface area contributed by atoms with E-state index in [0.717, 1.165) is 94.2 Å². The summed E-state index contributed by atoms with van der Waals surface area (Å²) in [4.78, 5) is 11.4. The molecule has 3 aromatic rings. The minimum atomic E-state index is 0.569. The van der Waals surface area contributed by atoms with Crippen molar-refractivity contribution in [3.8, 4) is 32.4 Å². The van der Waals surface area contributed by atoms with E-state index < -0.39 is 0 Å². The number of nitrogens with zero attached hydrogens (tertiary/aromatic N) is 2. The van der Waals surface area contributed by atoms with Gasteiger partial charge in [-0.25, -0.2) is 0 Å². The first-order valence-corrected chi connectivity index (χ1v) is 12.4. The molecule has 0 fully saturated rings. The van der Waals surface area contributed by atoms with Crippen molar-refractivity contribution >= 4 is 23.0 Å². The van der Waals surface area contributed by atoms with Crippen LogP contribution in [0.3, 0.4) is 0 Å². The first-order valence-electron chi connectivity index (χ1n) is 11.6. The maximum atomic E-state index is 6.10. The quantitative estimate of drug-likeness (QED) is 0.611. The van der Waals surface area contributed by atoms with Gasteiger partial charge in [-0.2, -0.15) is 0 Å². The number of benzene rings is 2. The molecule has 168 valence electrons. The third-order valence-electron chi connectivity index (χ3n) is 6.03. The zero-order chi connectivity index (χ0) is 22.0. The molecule has 0 radical (unpaired) electrons. The highest BCUT2D eigenvalue weighted by molar-refractivity contribution is 7.19. The largest absolute Gasteiger partial charge is 0.485 e. The van der Waals surface area contributed by atoms with E-state index in [2.05, 4.69) is 69.1 Å². The number of amidine groups is 2. The van der Waals surface area contributed by atoms with Crippen LogP contribution in [0.15, 0.2) is 58.5 Å². The molecule has 0 unspecified atom stereocenters. The zero-order valence-corrected chi connectivity index (χ0v) is 19.2. The Morgan fingerprint density at radius 2 is 1.03 bits per heavy atom. The molecule has 0 aliphatic carbocycles. The summed E-state index contributed by atoms with van der Waals surface area (Å²) in [6, 6.07) is 17.1. The minimum absolute atomic E-state index is 0.569. The normalized spacial score (nSPS) is 17.5. The van der Waals surface area contributed by atoms with Gasteiger partial charge in [0.2, 0.25) is 0 Å². The van der Waals surface area contributed by atoms with Gasteiger partial charge < -0.3 is 20.1 Å². The summed E-state index contributed by atoms with van der Waals surface area (Å²) in [6.45, 7) is 4.88. The van der Waals surface area contributed by atoms with E-state index in [4.69, 9.17) is 9.47 Å². The number of rotatable bonds is 4. The van der Waals surface area contributed by atoms with Gasteiger partial charge in [-0.3, -0.25) is 9.98 Å². The number of nitrogens with one attached hydrogen (secondary N) is 2.